The van der Waals surface area contributed by atoms with Crippen molar-refractivity contribution in [3.8, 4) is 0 Å². The molecule has 0 radical (unpaired) electrons. The molecule has 0 amide bonds. The van der Waals surface area contributed by atoms with Gasteiger partial charge in [-0.2, -0.15) is 0 Å². The molecule has 1 aliphatic rings. The lowest BCUT2D eigenvalue weighted by atomic mass is 10.4. The van der Waals surface area contributed by atoms with Crippen LogP contribution in [0, 0.1) is 0 Å². The Hall–Kier alpha value is -1.30. The first-order valence-corrected chi connectivity index (χ1v) is 5.15. The average molecular weight is 209 g/mol. The van der Waals surface area contributed by atoms with E-state index < -0.39 is 0 Å². The minimum absolute atomic E-state index is 0.625. The highest BCUT2D eigenvalue weighted by molar-refractivity contribution is 8.00. The summed E-state index contributed by atoms with van der Waals surface area (Å²) in [5.74, 6) is 2.14. The summed E-state index contributed by atoms with van der Waals surface area (Å²) in [6.45, 7) is 0. The smallest absolute Gasteiger partial charge is 0.158 e. The Kier molecular flexibility index (Phi) is 2.28. The Morgan fingerprint density at radius 3 is 2.93 bits per heavy atom. The highest BCUT2D eigenvalue weighted by Gasteiger charge is 2.17. The second-order valence-electron chi connectivity index (χ2n) is 3.14. The van der Waals surface area contributed by atoms with Crippen molar-refractivity contribution in [3.63, 3.8) is 0 Å². The fourth-order valence-electron chi connectivity index (χ4n) is 1.20. The molecule has 0 saturated heterocycles. The van der Waals surface area contributed by atoms with Crippen molar-refractivity contribution >= 4 is 29.1 Å². The van der Waals surface area contributed by atoms with E-state index in [4.69, 9.17) is 5.73 Å². The third kappa shape index (κ3) is 1.52. The van der Waals surface area contributed by atoms with Gasteiger partial charge in [0.05, 0.1) is 5.75 Å². The van der Waals surface area contributed by atoms with Crippen LogP contribution < -0.4 is 10.6 Å². The molecule has 0 saturated carbocycles. The number of aliphatic imine (C=N–C) groups is 1. The van der Waals surface area contributed by atoms with E-state index in [1.807, 2.05) is 19.0 Å². The highest BCUT2D eigenvalue weighted by Crippen LogP contribution is 2.36. The summed E-state index contributed by atoms with van der Waals surface area (Å²) in [7, 11) is 3.85. The lowest BCUT2D eigenvalue weighted by molar-refractivity contribution is 0.979. The first kappa shape index (κ1) is 9.26. The number of nitrogens with two attached hydrogens (primary N) is 1. The molecule has 14 heavy (non-hydrogen) atoms. The first-order valence-electron chi connectivity index (χ1n) is 4.16. The van der Waals surface area contributed by atoms with Crippen molar-refractivity contribution in [2.75, 3.05) is 24.7 Å². The highest BCUT2D eigenvalue weighted by atomic mass is 32.2. The zero-order chi connectivity index (χ0) is 10.1. The van der Waals surface area contributed by atoms with E-state index in [1.54, 1.807) is 18.1 Å². The fraction of sp³-hybridized carbons (Fsp3) is 0.375. The normalized spacial score (nSPS) is 14.6. The van der Waals surface area contributed by atoms with Crippen molar-refractivity contribution in [2.45, 2.75) is 5.03 Å². The van der Waals surface area contributed by atoms with Crippen molar-refractivity contribution in [2.24, 2.45) is 10.7 Å². The summed E-state index contributed by atoms with van der Waals surface area (Å²) in [5, 5.41) is 0.901. The average Bonchev–Trinajstić information content (AvgIpc) is 2.16. The zero-order valence-electron chi connectivity index (χ0n) is 8.06. The molecule has 0 unspecified atom stereocenters. The summed E-state index contributed by atoms with van der Waals surface area (Å²) >= 11 is 1.59. The SMILES string of the molecule is CN(C)c1ncnc2c1N=C(N)CS2. The maximum atomic E-state index is 5.67. The van der Waals surface area contributed by atoms with Gasteiger partial charge >= 0.3 is 0 Å². The molecular weight excluding hydrogens is 198 g/mol. The molecule has 0 atom stereocenters. The Bertz CT molecular complexity index is 387. The van der Waals surface area contributed by atoms with Crippen LogP contribution in [0.5, 0.6) is 0 Å². The maximum absolute atomic E-state index is 5.67. The topological polar surface area (TPSA) is 67.4 Å². The van der Waals surface area contributed by atoms with E-state index >= 15 is 0 Å². The molecule has 0 bridgehead atoms. The Labute approximate surface area is 86.4 Å². The van der Waals surface area contributed by atoms with E-state index in [1.165, 1.54) is 0 Å². The van der Waals surface area contributed by atoms with E-state index in [0.717, 1.165) is 16.5 Å². The molecule has 0 fully saturated rings. The maximum Gasteiger partial charge on any atom is 0.158 e. The molecule has 0 aliphatic carbocycles. The number of anilines is 1. The van der Waals surface area contributed by atoms with Crippen LogP contribution in [0.2, 0.25) is 0 Å². The van der Waals surface area contributed by atoms with Crippen LogP contribution in [0.25, 0.3) is 0 Å². The van der Waals surface area contributed by atoms with Crippen molar-refractivity contribution in [3.05, 3.63) is 6.33 Å². The van der Waals surface area contributed by atoms with Gasteiger partial charge in [0.1, 0.15) is 22.9 Å². The van der Waals surface area contributed by atoms with Gasteiger partial charge in [0.2, 0.25) is 0 Å². The molecule has 0 aromatic carbocycles. The van der Waals surface area contributed by atoms with Crippen LogP contribution in [0.3, 0.4) is 0 Å². The number of thioether (sulfide) groups is 1. The van der Waals surface area contributed by atoms with Gasteiger partial charge in [-0.25, -0.2) is 15.0 Å². The molecular formula is C8H11N5S. The molecule has 2 heterocycles. The quantitative estimate of drug-likeness (QED) is 0.687. The summed E-state index contributed by atoms with van der Waals surface area (Å²) in [6, 6.07) is 0. The lowest BCUT2D eigenvalue weighted by Crippen LogP contribution is -2.19. The van der Waals surface area contributed by atoms with Gasteiger partial charge in [-0.15, -0.1) is 0 Å². The molecule has 2 N–H and O–H groups in total. The summed E-state index contributed by atoms with van der Waals surface area (Å²) in [6.07, 6.45) is 1.55. The van der Waals surface area contributed by atoms with Gasteiger partial charge in [-0.1, -0.05) is 11.8 Å². The first-order chi connectivity index (χ1) is 6.68. The van der Waals surface area contributed by atoms with Gasteiger partial charge in [-0.3, -0.25) is 0 Å². The molecule has 1 aliphatic heterocycles. The lowest BCUT2D eigenvalue weighted by Gasteiger charge is -2.18. The van der Waals surface area contributed by atoms with E-state index in [-0.39, 0.29) is 0 Å². The third-order valence-corrected chi connectivity index (χ3v) is 2.82. The van der Waals surface area contributed by atoms with Crippen molar-refractivity contribution < 1.29 is 0 Å². The van der Waals surface area contributed by atoms with Crippen LogP contribution in [-0.4, -0.2) is 35.7 Å². The summed E-state index contributed by atoms with van der Waals surface area (Å²) in [5.41, 5.74) is 6.46. The van der Waals surface area contributed by atoms with Gasteiger partial charge in [0.15, 0.2) is 5.82 Å². The predicted octanol–water partition coefficient (Wildman–Crippen LogP) is 0.637. The molecule has 0 spiro atoms. The van der Waals surface area contributed by atoms with Crippen LogP contribution in [0.1, 0.15) is 0 Å². The summed E-state index contributed by atoms with van der Waals surface area (Å²) in [4.78, 5) is 14.5. The van der Waals surface area contributed by atoms with Crippen LogP contribution in [0.4, 0.5) is 11.5 Å². The number of hydrogen-bond acceptors (Lipinski definition) is 6. The number of fused-ring (bicyclic) bond motifs is 1. The van der Waals surface area contributed by atoms with Crippen molar-refractivity contribution in [1.29, 1.82) is 0 Å². The molecule has 6 heteroatoms. The van der Waals surface area contributed by atoms with Crippen LogP contribution in [0.15, 0.2) is 16.3 Å². The van der Waals surface area contributed by atoms with Gasteiger partial charge in [0, 0.05) is 14.1 Å². The number of aromatic nitrogens is 2. The number of nitrogens with zero attached hydrogens (tertiary/aromatic N) is 4. The summed E-state index contributed by atoms with van der Waals surface area (Å²) < 4.78 is 0. The van der Waals surface area contributed by atoms with E-state index in [0.29, 0.717) is 11.6 Å². The second kappa shape index (κ2) is 3.45. The van der Waals surface area contributed by atoms with Crippen molar-refractivity contribution in [1.82, 2.24) is 9.97 Å². The molecule has 74 valence electrons. The molecule has 2 rings (SSSR count). The number of rotatable bonds is 1. The Morgan fingerprint density at radius 2 is 2.21 bits per heavy atom. The number of hydrogen-bond donors (Lipinski definition) is 1. The van der Waals surface area contributed by atoms with Gasteiger partial charge < -0.3 is 10.6 Å². The molecule has 1 aromatic rings. The number of amidine groups is 1. The van der Waals surface area contributed by atoms with E-state index in [9.17, 15) is 0 Å². The van der Waals surface area contributed by atoms with Crippen LogP contribution >= 0.6 is 11.8 Å². The minimum Gasteiger partial charge on any atom is -0.386 e. The second-order valence-corrected chi connectivity index (χ2v) is 4.10. The minimum atomic E-state index is 0.625. The monoisotopic (exact) mass is 209 g/mol. The molecule has 1 aromatic heterocycles. The molecule has 5 nitrogen and oxygen atoms in total. The van der Waals surface area contributed by atoms with Gasteiger partial charge in [0.25, 0.3) is 0 Å². The largest absolute Gasteiger partial charge is 0.386 e. The fourth-order valence-corrected chi connectivity index (χ4v) is 1.95. The van der Waals surface area contributed by atoms with Gasteiger partial charge in [-0.05, 0) is 0 Å². The predicted molar refractivity (Wildman–Crippen MR) is 58.4 cm³/mol. The third-order valence-electron chi connectivity index (χ3n) is 1.81. The Balaban J connectivity index is 2.56. The van der Waals surface area contributed by atoms with Crippen LogP contribution in [-0.2, 0) is 0 Å². The standard InChI is InChI=1S/C8H11N5S/c1-13(2)7-6-8(11-4-10-7)14-3-5(9)12-6/h4H,3H2,1-2H3,(H2,9,12). The Morgan fingerprint density at radius 1 is 1.43 bits per heavy atom. The zero-order valence-corrected chi connectivity index (χ0v) is 8.88. The van der Waals surface area contributed by atoms with E-state index in [2.05, 4.69) is 15.0 Å².